The minimum absolute atomic E-state index is 0.121. The highest BCUT2D eigenvalue weighted by Crippen LogP contribution is 2.31. The lowest BCUT2D eigenvalue weighted by molar-refractivity contribution is -0.143. The summed E-state index contributed by atoms with van der Waals surface area (Å²) in [6.07, 6.45) is 2.02. The molecule has 1 aliphatic carbocycles. The Morgan fingerprint density at radius 1 is 1.00 bits per heavy atom. The number of H-pyrrole nitrogens is 1. The summed E-state index contributed by atoms with van der Waals surface area (Å²) in [5.74, 6) is 0.122. The van der Waals surface area contributed by atoms with Gasteiger partial charge in [-0.1, -0.05) is 30.3 Å². The highest BCUT2D eigenvalue weighted by atomic mass is 16.5. The van der Waals surface area contributed by atoms with Crippen LogP contribution >= 0.6 is 0 Å². The van der Waals surface area contributed by atoms with Gasteiger partial charge < -0.3 is 19.9 Å². The van der Waals surface area contributed by atoms with E-state index in [9.17, 15) is 9.59 Å². The molecule has 2 fully saturated rings. The molecule has 6 rings (SSSR count). The van der Waals surface area contributed by atoms with E-state index in [0.29, 0.717) is 24.5 Å². The lowest BCUT2D eigenvalue weighted by atomic mass is 10.1. The monoisotopic (exact) mass is 500 g/mol. The Morgan fingerprint density at radius 3 is 2.41 bits per heavy atom. The third-order valence-electron chi connectivity index (χ3n) is 7.63. The Balaban J connectivity index is 1.08. The average molecular weight is 501 g/mol. The zero-order valence-electron chi connectivity index (χ0n) is 21.0. The molecule has 192 valence electrons. The maximum atomic E-state index is 13.2. The molecule has 0 bridgehead atoms. The number of anilines is 2. The van der Waals surface area contributed by atoms with Crippen molar-refractivity contribution in [2.45, 2.75) is 38.1 Å². The van der Waals surface area contributed by atoms with Gasteiger partial charge in [0, 0.05) is 56.1 Å². The minimum Gasteiger partial charge on any atom is -0.369 e. The number of amides is 2. The third-order valence-corrected chi connectivity index (χ3v) is 7.63. The van der Waals surface area contributed by atoms with E-state index in [-0.39, 0.29) is 11.8 Å². The zero-order valence-corrected chi connectivity index (χ0v) is 21.0. The van der Waals surface area contributed by atoms with Gasteiger partial charge in [0.05, 0.1) is 18.8 Å². The van der Waals surface area contributed by atoms with Gasteiger partial charge >= 0.3 is 0 Å². The Labute approximate surface area is 216 Å². The molecule has 1 atom stereocenters. The predicted molar refractivity (Wildman–Crippen MR) is 140 cm³/mol. The number of carbonyl (C=O) groups is 2. The molecule has 1 saturated heterocycles. The van der Waals surface area contributed by atoms with Crippen LogP contribution in [0.4, 0.5) is 11.5 Å². The Kier molecular flexibility index (Phi) is 6.40. The predicted octanol–water partition coefficient (Wildman–Crippen LogP) is 3.18. The van der Waals surface area contributed by atoms with E-state index in [1.54, 1.807) is 4.90 Å². The van der Waals surface area contributed by atoms with Gasteiger partial charge in [0.1, 0.15) is 0 Å². The molecule has 2 aliphatic heterocycles. The van der Waals surface area contributed by atoms with Crippen LogP contribution in [0.15, 0.2) is 54.6 Å². The van der Waals surface area contributed by atoms with E-state index in [2.05, 4.69) is 25.3 Å². The van der Waals surface area contributed by atoms with Crippen LogP contribution in [0.25, 0.3) is 0 Å². The van der Waals surface area contributed by atoms with Gasteiger partial charge in [-0.2, -0.15) is 5.10 Å². The first kappa shape index (κ1) is 23.7. The molecule has 2 amide bonds. The van der Waals surface area contributed by atoms with Crippen LogP contribution in [-0.4, -0.2) is 71.1 Å². The summed E-state index contributed by atoms with van der Waals surface area (Å²) in [5, 5.41) is 10.2. The molecule has 3 aliphatic rings. The molecule has 1 aromatic heterocycles. The van der Waals surface area contributed by atoms with E-state index < -0.39 is 6.10 Å². The molecule has 3 aromatic rings. The molecule has 1 unspecified atom stereocenters. The van der Waals surface area contributed by atoms with Gasteiger partial charge in [-0.05, 0) is 42.7 Å². The summed E-state index contributed by atoms with van der Waals surface area (Å²) in [6, 6.07) is 18.0. The van der Waals surface area contributed by atoms with E-state index in [1.807, 2.05) is 54.6 Å². The number of hydrogen-bond acceptors (Lipinski definition) is 6. The maximum absolute atomic E-state index is 13.2. The van der Waals surface area contributed by atoms with Crippen LogP contribution in [-0.2, 0) is 22.6 Å². The van der Waals surface area contributed by atoms with Gasteiger partial charge in [-0.15, -0.1) is 0 Å². The molecule has 0 spiro atoms. The quantitative estimate of drug-likeness (QED) is 0.518. The minimum atomic E-state index is -0.675. The van der Waals surface area contributed by atoms with Crippen LogP contribution in [0.3, 0.4) is 0 Å². The molecule has 9 nitrogen and oxygen atoms in total. The zero-order chi connectivity index (χ0) is 25.4. The number of methoxy groups -OCH3 is 1. The second kappa shape index (κ2) is 9.99. The molecule has 2 N–H and O–H groups in total. The first-order chi connectivity index (χ1) is 18.1. The summed E-state index contributed by atoms with van der Waals surface area (Å²) in [7, 11) is 1.54. The summed E-state index contributed by atoms with van der Waals surface area (Å²) in [5.41, 5.74) is 4.19. The van der Waals surface area contributed by atoms with E-state index in [0.717, 1.165) is 54.7 Å². The Morgan fingerprint density at radius 2 is 1.73 bits per heavy atom. The lowest BCUT2D eigenvalue weighted by Gasteiger charge is -2.36. The van der Waals surface area contributed by atoms with Crippen LogP contribution in [0.5, 0.6) is 0 Å². The van der Waals surface area contributed by atoms with Crippen LogP contribution in [0, 0.1) is 0 Å². The maximum Gasteiger partial charge on any atom is 0.256 e. The number of fused-ring (bicyclic) bond motifs is 1. The number of piperazine rings is 1. The summed E-state index contributed by atoms with van der Waals surface area (Å²) >= 11 is 0. The molecule has 3 heterocycles. The number of hydrogen-bond donors (Lipinski definition) is 2. The van der Waals surface area contributed by atoms with Crippen molar-refractivity contribution in [1.82, 2.24) is 20.0 Å². The summed E-state index contributed by atoms with van der Waals surface area (Å²) in [6.45, 7) is 5.00. The molecular weight excluding hydrogens is 468 g/mol. The van der Waals surface area contributed by atoms with Crippen LogP contribution < -0.4 is 10.2 Å². The van der Waals surface area contributed by atoms with Gasteiger partial charge in [0.2, 0.25) is 0 Å². The number of rotatable bonds is 7. The fourth-order valence-electron chi connectivity index (χ4n) is 5.36. The van der Waals surface area contributed by atoms with E-state index >= 15 is 0 Å². The fraction of sp³-hybridized carbons (Fsp3) is 0.393. The SMILES string of the molecule is COC(C(=O)N1Cc2[nH]nc(NC(=O)c3ccc(N4CCN(C5CC5)CC4)cc3)c2C1)c1ccccc1. The summed E-state index contributed by atoms with van der Waals surface area (Å²) in [4.78, 5) is 32.9. The number of nitrogens with zero attached hydrogens (tertiary/aromatic N) is 4. The number of benzene rings is 2. The fourth-order valence-corrected chi connectivity index (χ4v) is 5.36. The van der Waals surface area contributed by atoms with Gasteiger partial charge in [-0.3, -0.25) is 19.6 Å². The van der Waals surface area contributed by atoms with Gasteiger partial charge in [0.25, 0.3) is 11.8 Å². The van der Waals surface area contributed by atoms with E-state index in [4.69, 9.17) is 4.74 Å². The van der Waals surface area contributed by atoms with Crippen molar-refractivity contribution in [3.63, 3.8) is 0 Å². The van der Waals surface area contributed by atoms with Crippen molar-refractivity contribution in [1.29, 1.82) is 0 Å². The molecule has 9 heteroatoms. The number of aromatic nitrogens is 2. The standard InChI is InChI=1S/C28H32N6O3/c1-37-25(19-5-3-2-4-6-19)28(36)34-17-23-24(18-34)30-31-26(23)29-27(35)20-7-9-21(10-8-20)32-13-15-33(16-14-32)22-11-12-22/h2-10,22,25H,11-18H2,1H3,(H2,29,30,31,35). The summed E-state index contributed by atoms with van der Waals surface area (Å²) < 4.78 is 5.52. The van der Waals surface area contributed by atoms with Crippen molar-refractivity contribution >= 4 is 23.3 Å². The number of carbonyl (C=O) groups excluding carboxylic acids is 2. The number of aromatic amines is 1. The third kappa shape index (κ3) is 4.84. The van der Waals surface area contributed by atoms with Crippen molar-refractivity contribution in [3.8, 4) is 0 Å². The van der Waals surface area contributed by atoms with Crippen molar-refractivity contribution < 1.29 is 14.3 Å². The first-order valence-corrected chi connectivity index (χ1v) is 12.9. The van der Waals surface area contributed by atoms with Gasteiger partial charge in [-0.25, -0.2) is 0 Å². The molecular formula is C28H32N6O3. The highest BCUT2D eigenvalue weighted by molar-refractivity contribution is 6.04. The van der Waals surface area contributed by atoms with Crippen LogP contribution in [0.1, 0.15) is 46.1 Å². The number of nitrogens with one attached hydrogen (secondary N) is 2. The average Bonchev–Trinajstić information content (AvgIpc) is 3.60. The topological polar surface area (TPSA) is 93.8 Å². The second-order valence-corrected chi connectivity index (χ2v) is 10.0. The Hall–Kier alpha value is -3.69. The smallest absolute Gasteiger partial charge is 0.256 e. The molecule has 1 saturated carbocycles. The van der Waals surface area contributed by atoms with Crippen molar-refractivity contribution in [3.05, 3.63) is 77.0 Å². The second-order valence-electron chi connectivity index (χ2n) is 10.0. The normalized spacial score (nSPS) is 18.5. The van der Waals surface area contributed by atoms with E-state index in [1.165, 1.54) is 20.0 Å². The molecule has 0 radical (unpaired) electrons. The van der Waals surface area contributed by atoms with Gasteiger partial charge in [0.15, 0.2) is 11.9 Å². The largest absolute Gasteiger partial charge is 0.369 e. The van der Waals surface area contributed by atoms with Crippen molar-refractivity contribution in [2.75, 3.05) is 43.5 Å². The number of ether oxygens (including phenoxy) is 1. The van der Waals surface area contributed by atoms with Crippen LogP contribution in [0.2, 0.25) is 0 Å². The molecule has 2 aromatic carbocycles. The highest BCUT2D eigenvalue weighted by Gasteiger charge is 2.34. The van der Waals surface area contributed by atoms with Crippen molar-refractivity contribution in [2.24, 2.45) is 0 Å². The Bertz CT molecular complexity index is 1260. The molecule has 37 heavy (non-hydrogen) atoms. The first-order valence-electron chi connectivity index (χ1n) is 12.9. The lowest BCUT2D eigenvalue weighted by Crippen LogP contribution is -2.47.